The van der Waals surface area contributed by atoms with Crippen molar-refractivity contribution in [1.82, 2.24) is 14.7 Å². The van der Waals surface area contributed by atoms with Crippen molar-refractivity contribution in [2.45, 2.75) is 53.6 Å². The van der Waals surface area contributed by atoms with Crippen molar-refractivity contribution in [2.24, 2.45) is 5.92 Å². The zero-order valence-corrected chi connectivity index (χ0v) is 12.9. The van der Waals surface area contributed by atoms with Crippen molar-refractivity contribution >= 4 is 11.6 Å². The van der Waals surface area contributed by atoms with Crippen molar-refractivity contribution in [1.29, 1.82) is 0 Å². The van der Waals surface area contributed by atoms with Gasteiger partial charge in [-0.05, 0) is 33.1 Å². The summed E-state index contributed by atoms with van der Waals surface area (Å²) < 4.78 is 1.69. The summed E-state index contributed by atoms with van der Waals surface area (Å²) >= 11 is 0. The summed E-state index contributed by atoms with van der Waals surface area (Å²) in [6, 6.07) is 0.187. The maximum atomic E-state index is 12.6. The van der Waals surface area contributed by atoms with Crippen LogP contribution < -0.4 is 5.73 Å². The van der Waals surface area contributed by atoms with Crippen molar-refractivity contribution < 1.29 is 4.79 Å². The number of aromatic nitrogens is 2. The number of amides is 1. The van der Waals surface area contributed by atoms with E-state index in [-0.39, 0.29) is 11.9 Å². The molecule has 0 aromatic carbocycles. The van der Waals surface area contributed by atoms with Crippen LogP contribution in [0.3, 0.4) is 0 Å². The van der Waals surface area contributed by atoms with E-state index in [1.807, 2.05) is 20.9 Å². The first-order chi connectivity index (χ1) is 8.79. The second-order valence-electron chi connectivity index (χ2n) is 5.56. The molecule has 1 atom stereocenters. The number of anilines is 1. The van der Waals surface area contributed by atoms with Crippen LogP contribution in [0.2, 0.25) is 0 Å². The van der Waals surface area contributed by atoms with Crippen LogP contribution in [0.1, 0.15) is 50.3 Å². The fourth-order valence-electron chi connectivity index (χ4n) is 2.26. The molecule has 5 heteroatoms. The van der Waals surface area contributed by atoms with E-state index in [2.05, 4.69) is 25.9 Å². The highest BCUT2D eigenvalue weighted by Gasteiger charge is 2.25. The molecule has 1 aromatic heterocycles. The summed E-state index contributed by atoms with van der Waals surface area (Å²) in [6.07, 6.45) is 0.974. The predicted octanol–water partition coefficient (Wildman–Crippen LogP) is 2.30. The smallest absolute Gasteiger partial charge is 0.274 e. The van der Waals surface area contributed by atoms with Crippen molar-refractivity contribution in [3.63, 3.8) is 0 Å². The molecule has 1 heterocycles. The van der Waals surface area contributed by atoms with Crippen LogP contribution in [-0.4, -0.2) is 33.7 Å². The van der Waals surface area contributed by atoms with Gasteiger partial charge in [-0.15, -0.1) is 0 Å². The number of rotatable bonds is 5. The summed E-state index contributed by atoms with van der Waals surface area (Å²) in [4.78, 5) is 14.3. The summed E-state index contributed by atoms with van der Waals surface area (Å²) in [7, 11) is 1.83. The van der Waals surface area contributed by atoms with E-state index in [4.69, 9.17) is 5.73 Å². The van der Waals surface area contributed by atoms with Gasteiger partial charge in [-0.1, -0.05) is 13.8 Å². The number of carbonyl (C=O) groups excluding carboxylic acids is 1. The van der Waals surface area contributed by atoms with Gasteiger partial charge in [-0.2, -0.15) is 5.10 Å². The Bertz CT molecular complexity index is 451. The monoisotopic (exact) mass is 266 g/mol. The third kappa shape index (κ3) is 3.28. The van der Waals surface area contributed by atoms with Gasteiger partial charge in [0.25, 0.3) is 5.91 Å². The minimum Gasteiger partial charge on any atom is -0.395 e. The van der Waals surface area contributed by atoms with Gasteiger partial charge in [0.2, 0.25) is 0 Å². The molecule has 0 aliphatic heterocycles. The Kier molecular flexibility index (Phi) is 4.97. The second-order valence-corrected chi connectivity index (χ2v) is 5.56. The fourth-order valence-corrected chi connectivity index (χ4v) is 2.26. The number of nitrogens with zero attached hydrogens (tertiary/aromatic N) is 3. The highest BCUT2D eigenvalue weighted by molar-refractivity contribution is 5.98. The lowest BCUT2D eigenvalue weighted by atomic mass is 10.0. The molecule has 0 saturated heterocycles. The maximum Gasteiger partial charge on any atom is 0.274 e. The molecule has 0 radical (unpaired) electrons. The zero-order valence-electron chi connectivity index (χ0n) is 12.9. The summed E-state index contributed by atoms with van der Waals surface area (Å²) in [5.41, 5.74) is 7.71. The van der Waals surface area contributed by atoms with Gasteiger partial charge in [0, 0.05) is 19.6 Å². The molecule has 0 saturated carbocycles. The van der Waals surface area contributed by atoms with Gasteiger partial charge in [-0.3, -0.25) is 9.48 Å². The molecule has 19 heavy (non-hydrogen) atoms. The first kappa shape index (κ1) is 15.5. The predicted molar refractivity (Wildman–Crippen MR) is 78.1 cm³/mol. The van der Waals surface area contributed by atoms with Gasteiger partial charge in [0.1, 0.15) is 5.69 Å². The molecule has 1 unspecified atom stereocenters. The lowest BCUT2D eigenvalue weighted by Crippen LogP contribution is -2.37. The van der Waals surface area contributed by atoms with Crippen molar-refractivity contribution in [3.05, 3.63) is 11.4 Å². The molecule has 0 aliphatic carbocycles. The molecular formula is C14H26N4O. The standard InChI is InChI=1S/C14H26N4O/c1-7-18-13(12(15)11(5)16-18)14(19)17(6)10(4)8-9(2)3/h9-10H,7-8,15H2,1-6H3. The average molecular weight is 266 g/mol. The molecule has 0 aliphatic rings. The first-order valence-corrected chi connectivity index (χ1v) is 6.89. The number of nitrogen functional groups attached to an aromatic ring is 1. The first-order valence-electron chi connectivity index (χ1n) is 6.89. The molecule has 2 N–H and O–H groups in total. The minimum absolute atomic E-state index is 0.0481. The van der Waals surface area contributed by atoms with Crippen LogP contribution in [0.4, 0.5) is 5.69 Å². The van der Waals surface area contributed by atoms with Crippen LogP contribution >= 0.6 is 0 Å². The molecule has 108 valence electrons. The summed E-state index contributed by atoms with van der Waals surface area (Å²) in [5.74, 6) is 0.508. The van der Waals surface area contributed by atoms with E-state index in [9.17, 15) is 4.79 Å². The Labute approximate surface area is 115 Å². The van der Waals surface area contributed by atoms with Crippen LogP contribution in [0.5, 0.6) is 0 Å². The van der Waals surface area contributed by atoms with Crippen molar-refractivity contribution in [2.75, 3.05) is 12.8 Å². The average Bonchev–Trinajstić information content (AvgIpc) is 2.62. The maximum absolute atomic E-state index is 12.6. The van der Waals surface area contributed by atoms with E-state index in [1.54, 1.807) is 9.58 Å². The molecule has 1 aromatic rings. The van der Waals surface area contributed by atoms with E-state index in [0.717, 1.165) is 12.1 Å². The highest BCUT2D eigenvalue weighted by atomic mass is 16.2. The number of aryl methyl sites for hydroxylation is 2. The number of hydrogen-bond donors (Lipinski definition) is 1. The van der Waals surface area contributed by atoms with Crippen LogP contribution in [0.15, 0.2) is 0 Å². The second kappa shape index (κ2) is 6.08. The van der Waals surface area contributed by atoms with E-state index in [0.29, 0.717) is 23.8 Å². The Hall–Kier alpha value is -1.52. The highest BCUT2D eigenvalue weighted by Crippen LogP contribution is 2.20. The summed E-state index contributed by atoms with van der Waals surface area (Å²) in [6.45, 7) is 10.8. The molecule has 0 fully saturated rings. The van der Waals surface area contributed by atoms with Gasteiger partial charge in [-0.25, -0.2) is 0 Å². The fraction of sp³-hybridized carbons (Fsp3) is 0.714. The van der Waals surface area contributed by atoms with Crippen LogP contribution in [0.25, 0.3) is 0 Å². The number of hydrogen-bond acceptors (Lipinski definition) is 3. The quantitative estimate of drug-likeness (QED) is 0.889. The molecule has 1 rings (SSSR count). The van der Waals surface area contributed by atoms with Gasteiger partial charge < -0.3 is 10.6 Å². The van der Waals surface area contributed by atoms with E-state index >= 15 is 0 Å². The molecule has 1 amide bonds. The Morgan fingerprint density at radius 1 is 1.42 bits per heavy atom. The van der Waals surface area contributed by atoms with E-state index in [1.165, 1.54) is 0 Å². The largest absolute Gasteiger partial charge is 0.395 e. The lowest BCUT2D eigenvalue weighted by Gasteiger charge is -2.26. The normalized spacial score (nSPS) is 12.8. The topological polar surface area (TPSA) is 64.2 Å². The molecule has 0 bridgehead atoms. The third-order valence-corrected chi connectivity index (χ3v) is 3.47. The Balaban J connectivity index is 3.00. The van der Waals surface area contributed by atoms with Crippen LogP contribution in [0, 0.1) is 12.8 Å². The van der Waals surface area contributed by atoms with Gasteiger partial charge >= 0.3 is 0 Å². The van der Waals surface area contributed by atoms with Gasteiger partial charge in [0.15, 0.2) is 0 Å². The number of carbonyl (C=O) groups is 1. The minimum atomic E-state index is -0.0481. The van der Waals surface area contributed by atoms with Gasteiger partial charge in [0.05, 0.1) is 11.4 Å². The molecule has 0 spiro atoms. The number of nitrogens with two attached hydrogens (primary N) is 1. The SMILES string of the molecule is CCn1nc(C)c(N)c1C(=O)N(C)C(C)CC(C)C. The third-order valence-electron chi connectivity index (χ3n) is 3.47. The molecule has 5 nitrogen and oxygen atoms in total. The molecular weight excluding hydrogens is 240 g/mol. The Morgan fingerprint density at radius 3 is 2.47 bits per heavy atom. The van der Waals surface area contributed by atoms with E-state index < -0.39 is 0 Å². The summed E-state index contributed by atoms with van der Waals surface area (Å²) in [5, 5.41) is 4.30. The van der Waals surface area contributed by atoms with Crippen LogP contribution in [-0.2, 0) is 6.54 Å². The van der Waals surface area contributed by atoms with Crippen molar-refractivity contribution in [3.8, 4) is 0 Å². The lowest BCUT2D eigenvalue weighted by molar-refractivity contribution is 0.0717. The zero-order chi connectivity index (χ0) is 14.7. The Morgan fingerprint density at radius 2 is 2.00 bits per heavy atom.